The van der Waals surface area contributed by atoms with Crippen molar-refractivity contribution in [3.05, 3.63) is 34.9 Å². The summed E-state index contributed by atoms with van der Waals surface area (Å²) >= 11 is 0. The zero-order chi connectivity index (χ0) is 32.4. The summed E-state index contributed by atoms with van der Waals surface area (Å²) < 4.78 is 22.7. The summed E-state index contributed by atoms with van der Waals surface area (Å²) in [5, 5.41) is 56.0. The number of hydrogen-bond donors (Lipinski definition) is 6. The topological polar surface area (TPSA) is 184 Å². The van der Waals surface area contributed by atoms with Crippen LogP contribution in [0.5, 0.6) is 11.5 Å². The second-order valence-electron chi connectivity index (χ2n) is 12.5. The zero-order valence-corrected chi connectivity index (χ0v) is 26.0. The number of cyclic esters (lactones) is 1. The molecular formula is C31H47NO11. The number of esters is 1. The van der Waals surface area contributed by atoms with Gasteiger partial charge in [-0.15, -0.1) is 6.58 Å². The highest BCUT2D eigenvalue weighted by molar-refractivity contribution is 5.96. The number of phenols is 2. The molecule has 242 valence electrons. The fourth-order valence-electron chi connectivity index (χ4n) is 5.80. The highest BCUT2D eigenvalue weighted by Gasteiger charge is 2.48. The maximum atomic E-state index is 12.9. The molecule has 0 bridgehead atoms. The molecule has 12 heteroatoms. The summed E-state index contributed by atoms with van der Waals surface area (Å²) in [6, 6.07) is 1.10. The van der Waals surface area contributed by atoms with E-state index in [1.54, 1.807) is 20.8 Å². The summed E-state index contributed by atoms with van der Waals surface area (Å²) in [4.78, 5) is 25.6. The van der Waals surface area contributed by atoms with Crippen molar-refractivity contribution in [1.29, 1.82) is 0 Å². The summed E-state index contributed by atoms with van der Waals surface area (Å²) in [7, 11) is 2.76. The standard InChI is InChI=1S/C31H47NO11/c1-14(2)9-22(40-7)27(37)28(38)32-29(41-8)23-13-24(36)31(5,6)25(42-23)12-19(34)16(4)21-10-17-15(3)18(33)11-20(35)26(17)30(39)43-21/h11,16,19,21-25,27,29,33-37H,1,9-10,12-13H2,2-8H3,(H,32,38)/t16-,19+,21?,22-,23+,24-,25-,27+,29-/m1/s1. The summed E-state index contributed by atoms with van der Waals surface area (Å²) in [5.74, 6) is -2.57. The number of rotatable bonds is 12. The average Bonchev–Trinajstić information content (AvgIpc) is 2.94. The van der Waals surface area contributed by atoms with E-state index in [0.29, 0.717) is 11.1 Å². The van der Waals surface area contributed by atoms with Crippen LogP contribution in [0.1, 0.15) is 68.4 Å². The van der Waals surface area contributed by atoms with Gasteiger partial charge in [-0.3, -0.25) is 4.79 Å². The van der Waals surface area contributed by atoms with Gasteiger partial charge in [0.15, 0.2) is 12.3 Å². The van der Waals surface area contributed by atoms with Crippen LogP contribution in [0.2, 0.25) is 0 Å². The molecule has 0 radical (unpaired) electrons. The number of carbonyl (C=O) groups is 2. The molecule has 0 aliphatic carbocycles. The highest BCUT2D eigenvalue weighted by Crippen LogP contribution is 2.42. The van der Waals surface area contributed by atoms with Gasteiger partial charge in [0, 0.05) is 50.9 Å². The van der Waals surface area contributed by atoms with Crippen molar-refractivity contribution in [2.75, 3.05) is 14.2 Å². The van der Waals surface area contributed by atoms with Crippen molar-refractivity contribution < 1.29 is 54.1 Å². The van der Waals surface area contributed by atoms with Gasteiger partial charge in [-0.1, -0.05) is 26.3 Å². The molecule has 0 aromatic heterocycles. The predicted molar refractivity (Wildman–Crippen MR) is 155 cm³/mol. The third kappa shape index (κ3) is 7.50. The molecule has 1 unspecified atom stereocenters. The van der Waals surface area contributed by atoms with Gasteiger partial charge in [0.2, 0.25) is 0 Å². The van der Waals surface area contributed by atoms with Crippen molar-refractivity contribution in [2.24, 2.45) is 11.3 Å². The SMILES string of the molecule is C=C(C)C[C@@H](OC)[C@H](O)C(=O)N[C@H](OC)[C@@H]1C[C@@H](O)C(C)(C)[C@@H](C[C@H](O)[C@@H](C)C2Cc3c(C)c(O)cc(O)c3C(=O)O2)O1. The van der Waals surface area contributed by atoms with Gasteiger partial charge in [0.25, 0.3) is 5.91 Å². The summed E-state index contributed by atoms with van der Waals surface area (Å²) in [6.07, 6.45) is -6.89. The van der Waals surface area contributed by atoms with Crippen molar-refractivity contribution >= 4 is 11.9 Å². The minimum Gasteiger partial charge on any atom is -0.508 e. The fourth-order valence-corrected chi connectivity index (χ4v) is 5.80. The Balaban J connectivity index is 1.73. The largest absolute Gasteiger partial charge is 0.508 e. The van der Waals surface area contributed by atoms with Gasteiger partial charge in [0.1, 0.15) is 29.3 Å². The number of amides is 1. The number of phenolic OH excluding ortho intramolecular Hbond substituents is 2. The Kier molecular flexibility index (Phi) is 11.2. The lowest BCUT2D eigenvalue weighted by Crippen LogP contribution is -2.59. The first-order chi connectivity index (χ1) is 20.0. The van der Waals surface area contributed by atoms with Crippen molar-refractivity contribution in [1.82, 2.24) is 5.32 Å². The molecule has 0 saturated carbocycles. The molecule has 1 saturated heterocycles. The average molecular weight is 610 g/mol. The molecule has 3 rings (SSSR count). The molecule has 1 fully saturated rings. The van der Waals surface area contributed by atoms with Gasteiger partial charge in [-0.25, -0.2) is 4.79 Å². The lowest BCUT2D eigenvalue weighted by atomic mass is 9.73. The Bertz CT molecular complexity index is 1180. The quantitative estimate of drug-likeness (QED) is 0.115. The third-order valence-corrected chi connectivity index (χ3v) is 9.02. The van der Waals surface area contributed by atoms with E-state index in [9.17, 15) is 35.1 Å². The molecule has 2 aliphatic heterocycles. The predicted octanol–water partition coefficient (Wildman–Crippen LogP) is 1.85. The lowest BCUT2D eigenvalue weighted by molar-refractivity contribution is -0.217. The normalized spacial score (nSPS) is 26.8. The van der Waals surface area contributed by atoms with E-state index in [1.165, 1.54) is 14.2 Å². The minimum absolute atomic E-state index is 0.00479. The van der Waals surface area contributed by atoms with Gasteiger partial charge in [0.05, 0.1) is 24.4 Å². The minimum atomic E-state index is -1.50. The maximum absolute atomic E-state index is 12.9. The highest BCUT2D eigenvalue weighted by atomic mass is 16.6. The van der Waals surface area contributed by atoms with E-state index in [0.717, 1.165) is 11.6 Å². The molecular weight excluding hydrogens is 562 g/mol. The first kappa shape index (κ1) is 34.7. The van der Waals surface area contributed by atoms with Crippen LogP contribution in [0.25, 0.3) is 0 Å². The van der Waals surface area contributed by atoms with Gasteiger partial charge in [-0.05, 0) is 31.4 Å². The number of methoxy groups -OCH3 is 2. The number of aliphatic hydroxyl groups excluding tert-OH is 3. The van der Waals surface area contributed by atoms with Crippen molar-refractivity contribution in [2.45, 2.75) is 109 Å². The molecule has 12 nitrogen and oxygen atoms in total. The second-order valence-corrected chi connectivity index (χ2v) is 12.5. The number of hydrogen-bond acceptors (Lipinski definition) is 11. The van der Waals surface area contributed by atoms with Crippen LogP contribution >= 0.6 is 0 Å². The van der Waals surface area contributed by atoms with Crippen LogP contribution in [0, 0.1) is 18.3 Å². The number of ether oxygens (including phenoxy) is 4. The fraction of sp³-hybridized carbons (Fsp3) is 0.677. The van der Waals surface area contributed by atoms with E-state index in [2.05, 4.69) is 11.9 Å². The van der Waals surface area contributed by atoms with E-state index in [4.69, 9.17) is 18.9 Å². The monoisotopic (exact) mass is 609 g/mol. The van der Waals surface area contributed by atoms with E-state index in [-0.39, 0.29) is 42.7 Å². The first-order valence-corrected chi connectivity index (χ1v) is 14.5. The number of carbonyl (C=O) groups excluding carboxylic acids is 2. The first-order valence-electron chi connectivity index (χ1n) is 14.5. The maximum Gasteiger partial charge on any atom is 0.342 e. The van der Waals surface area contributed by atoms with Crippen LogP contribution in [0.15, 0.2) is 18.2 Å². The number of aromatic hydroxyl groups is 2. The summed E-state index contributed by atoms with van der Waals surface area (Å²) in [6.45, 7) is 12.6. The molecule has 1 aromatic rings. The van der Waals surface area contributed by atoms with Gasteiger partial charge < -0.3 is 49.8 Å². The van der Waals surface area contributed by atoms with Crippen LogP contribution < -0.4 is 5.32 Å². The molecule has 2 aliphatic rings. The lowest BCUT2D eigenvalue weighted by Gasteiger charge is -2.48. The number of fused-ring (bicyclic) bond motifs is 1. The molecule has 9 atom stereocenters. The van der Waals surface area contributed by atoms with Crippen molar-refractivity contribution in [3.8, 4) is 11.5 Å². The molecule has 0 spiro atoms. The molecule has 43 heavy (non-hydrogen) atoms. The number of nitrogens with one attached hydrogen (secondary N) is 1. The third-order valence-electron chi connectivity index (χ3n) is 9.02. The Morgan fingerprint density at radius 2 is 1.84 bits per heavy atom. The molecule has 2 heterocycles. The zero-order valence-electron chi connectivity index (χ0n) is 26.0. The van der Waals surface area contributed by atoms with Crippen LogP contribution in [0.4, 0.5) is 0 Å². The Morgan fingerprint density at radius 3 is 2.42 bits per heavy atom. The smallest absolute Gasteiger partial charge is 0.342 e. The Labute approximate surface area is 252 Å². The van der Waals surface area contributed by atoms with Crippen LogP contribution in [-0.4, -0.2) is 101 Å². The Morgan fingerprint density at radius 1 is 1.19 bits per heavy atom. The number of aliphatic hydroxyl groups is 3. The van der Waals surface area contributed by atoms with Gasteiger partial charge in [-0.2, -0.15) is 0 Å². The number of benzene rings is 1. The van der Waals surface area contributed by atoms with Crippen LogP contribution in [-0.2, 0) is 30.2 Å². The van der Waals surface area contributed by atoms with Gasteiger partial charge >= 0.3 is 5.97 Å². The van der Waals surface area contributed by atoms with Crippen molar-refractivity contribution in [3.63, 3.8) is 0 Å². The van der Waals surface area contributed by atoms with E-state index in [1.807, 2.05) is 13.8 Å². The van der Waals surface area contributed by atoms with E-state index < -0.39 is 72.2 Å². The molecule has 6 N–H and O–H groups in total. The Hall–Kier alpha value is -2.74. The van der Waals surface area contributed by atoms with E-state index >= 15 is 0 Å². The second kappa shape index (κ2) is 13.9. The summed E-state index contributed by atoms with van der Waals surface area (Å²) in [5.41, 5.74) is 0.851. The molecule has 1 amide bonds. The van der Waals surface area contributed by atoms with Crippen LogP contribution in [0.3, 0.4) is 0 Å². The molecule has 1 aromatic carbocycles.